The lowest BCUT2D eigenvalue weighted by Crippen LogP contribution is -2.17. The van der Waals surface area contributed by atoms with Crippen molar-refractivity contribution in [2.24, 2.45) is 5.73 Å². The van der Waals surface area contributed by atoms with Gasteiger partial charge in [0.2, 0.25) is 0 Å². The van der Waals surface area contributed by atoms with Crippen molar-refractivity contribution in [1.29, 1.82) is 0 Å². The van der Waals surface area contributed by atoms with Crippen LogP contribution in [0.1, 0.15) is 5.56 Å². The summed E-state index contributed by atoms with van der Waals surface area (Å²) in [7, 11) is 0. The third kappa shape index (κ3) is 4.60. The Balaban J connectivity index is 2.18. The van der Waals surface area contributed by atoms with Crippen molar-refractivity contribution in [3.05, 3.63) is 48.2 Å². The van der Waals surface area contributed by atoms with E-state index in [0.717, 1.165) is 0 Å². The summed E-state index contributed by atoms with van der Waals surface area (Å²) in [6.07, 6.45) is -3.24. The lowest BCUT2D eigenvalue weighted by molar-refractivity contribution is -0.274. The van der Waals surface area contributed by atoms with Crippen LogP contribution in [0.25, 0.3) is 0 Å². The molecule has 0 aliphatic carbocycles. The molecule has 110 valence electrons. The van der Waals surface area contributed by atoms with E-state index in [-0.39, 0.29) is 10.7 Å². The summed E-state index contributed by atoms with van der Waals surface area (Å²) in [5.41, 5.74) is 6.50. The first-order valence-corrected chi connectivity index (χ1v) is 6.13. The topological polar surface area (TPSA) is 60.2 Å². The fourth-order valence-corrected chi connectivity index (χ4v) is 1.70. The van der Waals surface area contributed by atoms with Crippen molar-refractivity contribution in [2.75, 3.05) is 5.32 Å². The van der Waals surface area contributed by atoms with E-state index in [2.05, 4.69) is 15.0 Å². The second-order valence-electron chi connectivity index (χ2n) is 3.99. The lowest BCUT2D eigenvalue weighted by Gasteiger charge is -2.11. The molecule has 0 saturated heterocycles. The van der Waals surface area contributed by atoms with E-state index in [0.29, 0.717) is 17.1 Å². The van der Waals surface area contributed by atoms with Crippen molar-refractivity contribution in [2.45, 2.75) is 6.36 Å². The molecule has 1 aromatic heterocycles. The van der Waals surface area contributed by atoms with E-state index in [1.54, 1.807) is 18.2 Å². The van der Waals surface area contributed by atoms with Crippen LogP contribution in [-0.2, 0) is 0 Å². The van der Waals surface area contributed by atoms with E-state index < -0.39 is 6.36 Å². The Morgan fingerprint density at radius 1 is 1.24 bits per heavy atom. The minimum absolute atomic E-state index is 0.203. The maximum absolute atomic E-state index is 12.2. The van der Waals surface area contributed by atoms with Gasteiger partial charge in [-0.25, -0.2) is 4.98 Å². The van der Waals surface area contributed by atoms with Gasteiger partial charge in [-0.3, -0.25) is 0 Å². The zero-order valence-electron chi connectivity index (χ0n) is 10.5. The molecule has 0 atom stereocenters. The van der Waals surface area contributed by atoms with Crippen LogP contribution < -0.4 is 15.8 Å². The quantitative estimate of drug-likeness (QED) is 0.848. The molecule has 21 heavy (non-hydrogen) atoms. The summed E-state index contributed by atoms with van der Waals surface area (Å²) in [5.74, 6) is 0.0856. The molecule has 1 heterocycles. The summed E-state index contributed by atoms with van der Waals surface area (Å²) in [4.78, 5) is 4.24. The first kappa shape index (κ1) is 15.0. The summed E-state index contributed by atoms with van der Waals surface area (Å²) < 4.78 is 40.3. The van der Waals surface area contributed by atoms with Crippen molar-refractivity contribution in [1.82, 2.24) is 4.98 Å². The van der Waals surface area contributed by atoms with Gasteiger partial charge in [0.05, 0.1) is 0 Å². The number of halogens is 3. The highest BCUT2D eigenvalue weighted by Crippen LogP contribution is 2.26. The number of nitrogens with one attached hydrogen (secondary N) is 1. The summed E-state index contributed by atoms with van der Waals surface area (Å²) in [5, 5.41) is 2.85. The van der Waals surface area contributed by atoms with Gasteiger partial charge in [0.15, 0.2) is 0 Å². The maximum atomic E-state index is 12.2. The molecule has 0 spiro atoms. The second-order valence-corrected chi connectivity index (χ2v) is 4.43. The standard InChI is InChI=1S/C13H10F3N3OS/c14-13(15,16)20-10-3-1-2-9(7-10)19-11-6-8(12(17)21)4-5-18-11/h1-7H,(H2,17,21)(H,18,19). The SMILES string of the molecule is NC(=S)c1ccnc(Nc2cccc(OC(F)(F)F)c2)c1. The number of nitrogens with two attached hydrogens (primary N) is 1. The van der Waals surface area contributed by atoms with E-state index in [9.17, 15) is 13.2 Å². The molecule has 3 N–H and O–H groups in total. The van der Waals surface area contributed by atoms with Gasteiger partial charge in [-0.1, -0.05) is 18.3 Å². The highest BCUT2D eigenvalue weighted by Gasteiger charge is 2.31. The number of benzene rings is 1. The smallest absolute Gasteiger partial charge is 0.406 e. The number of nitrogens with zero attached hydrogens (tertiary/aromatic N) is 1. The van der Waals surface area contributed by atoms with Gasteiger partial charge in [0, 0.05) is 23.5 Å². The Hall–Kier alpha value is -2.35. The third-order valence-electron chi connectivity index (χ3n) is 2.38. The molecular formula is C13H10F3N3OS. The molecule has 8 heteroatoms. The molecule has 0 fully saturated rings. The number of aromatic nitrogens is 1. The fraction of sp³-hybridized carbons (Fsp3) is 0.0769. The van der Waals surface area contributed by atoms with Gasteiger partial charge in [-0.05, 0) is 24.3 Å². The Morgan fingerprint density at radius 3 is 2.67 bits per heavy atom. The van der Waals surface area contributed by atoms with E-state index in [1.165, 1.54) is 24.4 Å². The summed E-state index contributed by atoms with van der Waals surface area (Å²) in [6, 6.07) is 8.66. The number of rotatable bonds is 4. The molecule has 2 rings (SSSR count). The van der Waals surface area contributed by atoms with Crippen LogP contribution in [0.4, 0.5) is 24.7 Å². The molecule has 4 nitrogen and oxygen atoms in total. The lowest BCUT2D eigenvalue weighted by atomic mass is 10.2. The number of anilines is 2. The normalized spacial score (nSPS) is 11.0. The molecule has 0 aliphatic heterocycles. The maximum Gasteiger partial charge on any atom is 0.573 e. The Labute approximate surface area is 123 Å². The van der Waals surface area contributed by atoms with Gasteiger partial charge < -0.3 is 15.8 Å². The van der Waals surface area contributed by atoms with E-state index >= 15 is 0 Å². The third-order valence-corrected chi connectivity index (χ3v) is 2.62. The van der Waals surface area contributed by atoms with Crippen molar-refractivity contribution >= 4 is 28.7 Å². The predicted octanol–water partition coefficient (Wildman–Crippen LogP) is 3.36. The minimum atomic E-state index is -4.73. The van der Waals surface area contributed by atoms with Crippen LogP contribution in [0.2, 0.25) is 0 Å². The molecule has 0 saturated carbocycles. The molecule has 0 radical (unpaired) electrons. The summed E-state index contributed by atoms with van der Waals surface area (Å²) >= 11 is 4.84. The largest absolute Gasteiger partial charge is 0.573 e. The zero-order valence-corrected chi connectivity index (χ0v) is 11.3. The highest BCUT2D eigenvalue weighted by molar-refractivity contribution is 7.80. The number of ether oxygens (including phenoxy) is 1. The Kier molecular flexibility index (Phi) is 4.27. The zero-order chi connectivity index (χ0) is 15.5. The molecule has 0 aliphatic rings. The van der Waals surface area contributed by atoms with Crippen molar-refractivity contribution in [3.8, 4) is 5.75 Å². The van der Waals surface area contributed by atoms with Gasteiger partial charge >= 0.3 is 6.36 Å². The molecular weight excluding hydrogens is 303 g/mol. The molecule has 1 aromatic carbocycles. The van der Waals surface area contributed by atoms with Gasteiger partial charge in [0.1, 0.15) is 16.6 Å². The molecule has 2 aromatic rings. The van der Waals surface area contributed by atoms with Gasteiger partial charge in [0.25, 0.3) is 0 Å². The van der Waals surface area contributed by atoms with E-state index in [1.807, 2.05) is 0 Å². The average Bonchev–Trinajstić information content (AvgIpc) is 2.37. The average molecular weight is 313 g/mol. The first-order valence-electron chi connectivity index (χ1n) is 5.72. The molecule has 0 amide bonds. The van der Waals surface area contributed by atoms with Gasteiger partial charge in [-0.2, -0.15) is 0 Å². The number of thiocarbonyl (C=S) groups is 1. The molecule has 0 unspecified atom stereocenters. The predicted molar refractivity (Wildman–Crippen MR) is 76.5 cm³/mol. The highest BCUT2D eigenvalue weighted by atomic mass is 32.1. The minimum Gasteiger partial charge on any atom is -0.406 e. The van der Waals surface area contributed by atoms with Crippen LogP contribution in [0.3, 0.4) is 0 Å². The Bertz CT molecular complexity index is 661. The van der Waals surface area contributed by atoms with Gasteiger partial charge in [-0.15, -0.1) is 13.2 Å². The number of alkyl halides is 3. The monoisotopic (exact) mass is 313 g/mol. The van der Waals surface area contributed by atoms with E-state index in [4.69, 9.17) is 18.0 Å². The fourth-order valence-electron chi connectivity index (χ4n) is 1.57. The van der Waals surface area contributed by atoms with Crippen LogP contribution in [-0.4, -0.2) is 16.3 Å². The van der Waals surface area contributed by atoms with Crippen LogP contribution >= 0.6 is 12.2 Å². The Morgan fingerprint density at radius 2 is 2.00 bits per heavy atom. The number of pyridine rings is 1. The van der Waals surface area contributed by atoms with Crippen LogP contribution in [0.5, 0.6) is 5.75 Å². The van der Waals surface area contributed by atoms with Crippen molar-refractivity contribution < 1.29 is 17.9 Å². The number of hydrogen-bond donors (Lipinski definition) is 2. The van der Waals surface area contributed by atoms with Crippen molar-refractivity contribution in [3.63, 3.8) is 0 Å². The molecule has 0 bridgehead atoms. The number of hydrogen-bond acceptors (Lipinski definition) is 4. The second kappa shape index (κ2) is 5.96. The summed E-state index contributed by atoms with van der Waals surface area (Å²) in [6.45, 7) is 0. The first-order chi connectivity index (χ1) is 9.83. The van der Waals surface area contributed by atoms with Crippen LogP contribution in [0.15, 0.2) is 42.6 Å². The van der Waals surface area contributed by atoms with Crippen LogP contribution in [0, 0.1) is 0 Å².